The highest BCUT2D eigenvalue weighted by Crippen LogP contribution is 2.24. The quantitative estimate of drug-likeness (QED) is 0.0958. The number of nitrogens with one attached hydrogen (secondary N) is 3. The molecule has 8 aromatic rings. The van der Waals surface area contributed by atoms with E-state index in [1.54, 1.807) is 70.6 Å². The van der Waals surface area contributed by atoms with Crippen molar-refractivity contribution >= 4 is 51.3 Å². The molecule has 0 atom stereocenters. The average Bonchev–Trinajstić information content (AvgIpc) is 3.95. The summed E-state index contributed by atoms with van der Waals surface area (Å²) in [6, 6.07) is 23.0. The Kier molecular flexibility index (Phi) is 15.6. The predicted octanol–water partition coefficient (Wildman–Crippen LogP) is 7.88. The van der Waals surface area contributed by atoms with Crippen LogP contribution in [0.15, 0.2) is 73.3 Å². The first-order chi connectivity index (χ1) is 35.6. The summed E-state index contributed by atoms with van der Waals surface area (Å²) in [5.74, 6) is -0.0954. The fraction of sp³-hybridized carbons (Fsp3) is 0.255. The number of nitrogens with zero attached hydrogens (tertiary/aromatic N) is 12. The molecule has 2 aromatic carbocycles. The maximum atomic E-state index is 13.1. The van der Waals surface area contributed by atoms with Crippen molar-refractivity contribution in [1.82, 2.24) is 50.1 Å². The average molecular weight is 1000 g/mol. The number of nitriles is 4. The number of hydrogen-bond donors (Lipinski definition) is 4. The van der Waals surface area contributed by atoms with Gasteiger partial charge in [0.25, 0.3) is 11.8 Å². The molecule has 0 radical (unpaired) electrons. The molecule has 0 aliphatic heterocycles. The van der Waals surface area contributed by atoms with Crippen LogP contribution in [0.2, 0.25) is 0 Å². The van der Waals surface area contributed by atoms with Gasteiger partial charge in [0, 0.05) is 60.0 Å². The fourth-order valence-corrected chi connectivity index (χ4v) is 8.35. The van der Waals surface area contributed by atoms with E-state index in [0.717, 1.165) is 61.0 Å². The van der Waals surface area contributed by atoms with Crippen LogP contribution in [0, 0.1) is 86.9 Å². The third-order valence-electron chi connectivity index (χ3n) is 11.7. The van der Waals surface area contributed by atoms with Crippen molar-refractivity contribution in [2.75, 3.05) is 11.1 Å². The van der Waals surface area contributed by atoms with E-state index in [4.69, 9.17) is 10.5 Å². The van der Waals surface area contributed by atoms with E-state index < -0.39 is 23.5 Å². The summed E-state index contributed by atoms with van der Waals surface area (Å²) in [7, 11) is 0. The fourth-order valence-electron chi connectivity index (χ4n) is 8.35. The number of carbonyl (C=O) groups excluding carboxylic acids is 3. The van der Waals surface area contributed by atoms with E-state index in [2.05, 4.69) is 58.2 Å². The monoisotopic (exact) mass is 1000 g/mol. The lowest BCUT2D eigenvalue weighted by atomic mass is 10.0. The Morgan fingerprint density at radius 2 is 1.08 bits per heavy atom. The van der Waals surface area contributed by atoms with Gasteiger partial charge >= 0.3 is 6.09 Å². The minimum absolute atomic E-state index is 0.00946. The lowest BCUT2D eigenvalue weighted by Crippen LogP contribution is -2.28. The molecule has 0 saturated carbocycles. The van der Waals surface area contributed by atoms with Crippen LogP contribution in [0.25, 0.3) is 21.8 Å². The summed E-state index contributed by atoms with van der Waals surface area (Å²) < 4.78 is 8.31. The second kappa shape index (κ2) is 22.2. The van der Waals surface area contributed by atoms with Gasteiger partial charge in [0.2, 0.25) is 0 Å². The van der Waals surface area contributed by atoms with Gasteiger partial charge in [0.05, 0.1) is 46.4 Å². The van der Waals surface area contributed by atoms with Crippen LogP contribution in [0.1, 0.15) is 120 Å². The van der Waals surface area contributed by atoms with Gasteiger partial charge in [-0.05, 0) is 155 Å². The van der Waals surface area contributed by atoms with Gasteiger partial charge in [-0.15, -0.1) is 0 Å². The minimum Gasteiger partial charge on any atom is -0.444 e. The highest BCUT2D eigenvalue weighted by Gasteiger charge is 2.21. The highest BCUT2D eigenvalue weighted by atomic mass is 16.6. The molecular formula is C55H52N16O4. The van der Waals surface area contributed by atoms with Gasteiger partial charge in [0.15, 0.2) is 11.4 Å². The number of carbonyl (C=O) groups is 3. The van der Waals surface area contributed by atoms with Crippen molar-refractivity contribution in [3.63, 3.8) is 0 Å². The molecule has 75 heavy (non-hydrogen) atoms. The number of pyridine rings is 4. The van der Waals surface area contributed by atoms with Gasteiger partial charge in [-0.25, -0.2) is 14.8 Å². The number of nitrogens with two attached hydrogens (primary N) is 1. The van der Waals surface area contributed by atoms with E-state index in [-0.39, 0.29) is 42.1 Å². The van der Waals surface area contributed by atoms with Crippen molar-refractivity contribution in [2.45, 2.75) is 94.1 Å². The van der Waals surface area contributed by atoms with Gasteiger partial charge in [-0.1, -0.05) is 0 Å². The largest absolute Gasteiger partial charge is 0.444 e. The lowest BCUT2D eigenvalue weighted by molar-refractivity contribution is 0.0634. The van der Waals surface area contributed by atoms with E-state index in [0.29, 0.717) is 46.0 Å². The van der Waals surface area contributed by atoms with E-state index in [9.17, 15) is 35.4 Å². The van der Waals surface area contributed by atoms with Gasteiger partial charge < -0.3 is 21.1 Å². The summed E-state index contributed by atoms with van der Waals surface area (Å²) in [6.07, 6.45) is 5.90. The van der Waals surface area contributed by atoms with Crippen LogP contribution in [-0.4, -0.2) is 63.0 Å². The zero-order valence-corrected chi connectivity index (χ0v) is 42.8. The van der Waals surface area contributed by atoms with Crippen molar-refractivity contribution in [2.24, 2.45) is 0 Å². The molecule has 20 nitrogen and oxygen atoms in total. The molecule has 376 valence electrons. The van der Waals surface area contributed by atoms with Crippen LogP contribution in [0.4, 0.5) is 16.4 Å². The molecule has 0 saturated heterocycles. The van der Waals surface area contributed by atoms with Crippen molar-refractivity contribution in [3.8, 4) is 24.3 Å². The predicted molar refractivity (Wildman–Crippen MR) is 279 cm³/mol. The van der Waals surface area contributed by atoms with Gasteiger partial charge in [-0.2, -0.15) is 31.2 Å². The first kappa shape index (κ1) is 52.8. The molecular weight excluding hydrogens is 949 g/mol. The smallest absolute Gasteiger partial charge is 0.413 e. The Hall–Kier alpha value is -10.1. The summed E-state index contributed by atoms with van der Waals surface area (Å²) in [4.78, 5) is 55.4. The number of amides is 3. The molecule has 20 heteroatoms. The van der Waals surface area contributed by atoms with Crippen molar-refractivity contribution < 1.29 is 19.1 Å². The molecule has 0 spiro atoms. The third-order valence-corrected chi connectivity index (χ3v) is 11.7. The Labute approximate surface area is 432 Å². The van der Waals surface area contributed by atoms with Crippen molar-refractivity contribution in [1.29, 1.82) is 21.0 Å². The van der Waals surface area contributed by atoms with Crippen LogP contribution in [-0.2, 0) is 30.9 Å². The molecule has 6 aromatic heterocycles. The molecule has 0 aliphatic rings. The van der Waals surface area contributed by atoms with E-state index >= 15 is 0 Å². The minimum atomic E-state index is -0.639. The zero-order chi connectivity index (χ0) is 54.3. The maximum absolute atomic E-state index is 13.1. The molecule has 8 rings (SSSR count). The lowest BCUT2D eigenvalue weighted by Gasteiger charge is -2.20. The summed E-state index contributed by atoms with van der Waals surface area (Å²) in [6.45, 7) is 17.5. The Balaban J connectivity index is 0.000000222. The van der Waals surface area contributed by atoms with Crippen molar-refractivity contribution in [3.05, 3.63) is 163 Å². The van der Waals surface area contributed by atoms with Crippen LogP contribution in [0.3, 0.4) is 0 Å². The van der Waals surface area contributed by atoms with Crippen LogP contribution in [0.5, 0.6) is 0 Å². The van der Waals surface area contributed by atoms with Crippen LogP contribution >= 0.6 is 0 Å². The molecule has 6 heterocycles. The standard InChI is InChI=1S/C30H30N8O3.C25H22N8O/c1-17-7-21-9-20(10-22(11-31)27(21)33-13-17)15-38-16-24(25(12-32)37-38)28(39)34-14-23-18(2)8-26(35-19(23)3)36-29(40)41-30(4,5)6;1-14-4-18-6-17(7-19(8-26)24(18)29-10-14)12-33-13-21(22(9-27)32-33)25(34)30-11-20-15(2)5-23(28)31-16(20)3/h7-10,13,16H,14-15H2,1-6H3,(H,34,39)(H,35,36,40);4-7,10,13H,11-12H2,1-3H3,(H2,28,31)(H,30,34). The summed E-state index contributed by atoms with van der Waals surface area (Å²) in [5, 5.41) is 56.8. The molecule has 0 bridgehead atoms. The molecule has 0 unspecified atom stereocenters. The number of rotatable bonds is 11. The Morgan fingerprint density at radius 3 is 1.49 bits per heavy atom. The molecule has 3 amide bonds. The highest BCUT2D eigenvalue weighted by molar-refractivity contribution is 5.96. The zero-order valence-electron chi connectivity index (χ0n) is 42.8. The first-order valence-electron chi connectivity index (χ1n) is 23.5. The van der Waals surface area contributed by atoms with Gasteiger partial charge in [0.1, 0.15) is 41.5 Å². The molecule has 0 aliphatic carbocycles. The van der Waals surface area contributed by atoms with E-state index in [1.165, 1.54) is 15.6 Å². The van der Waals surface area contributed by atoms with Crippen LogP contribution < -0.4 is 21.7 Å². The molecule has 5 N–H and O–H groups in total. The number of anilines is 2. The second-order valence-electron chi connectivity index (χ2n) is 18.9. The Morgan fingerprint density at radius 1 is 0.627 bits per heavy atom. The second-order valence-corrected chi connectivity index (χ2v) is 18.9. The summed E-state index contributed by atoms with van der Waals surface area (Å²) >= 11 is 0. The third kappa shape index (κ3) is 12.7. The number of nitrogen functional groups attached to an aromatic ring is 1. The number of aromatic nitrogens is 8. The molecule has 0 fully saturated rings. The number of benzene rings is 2. The topological polar surface area (TPSA) is 305 Å². The first-order valence-corrected chi connectivity index (χ1v) is 23.5. The maximum Gasteiger partial charge on any atom is 0.413 e. The number of fused-ring (bicyclic) bond motifs is 2. The number of ether oxygens (including phenoxy) is 1. The Bertz CT molecular complexity index is 3720. The SMILES string of the molecule is Cc1cnc2c(C#N)cc(Cn3cc(C(=O)NCc4c(C)cc(N)nc4C)c(C#N)n3)cc2c1.Cc1cnc2c(C#N)cc(Cn3cc(C(=O)NCc4c(C)cc(NC(=O)OC(C)(C)C)nc4C)c(C#N)n3)cc2c1. The normalized spacial score (nSPS) is 10.8. The number of hydrogen-bond acceptors (Lipinski definition) is 15. The summed E-state index contributed by atoms with van der Waals surface area (Å²) in [5.41, 5.74) is 15.9. The van der Waals surface area contributed by atoms with Gasteiger partial charge in [-0.3, -0.25) is 34.2 Å². The number of aryl methyl sites for hydroxylation is 6. The van der Waals surface area contributed by atoms with E-state index in [1.807, 2.05) is 71.0 Å².